The van der Waals surface area contributed by atoms with E-state index in [4.69, 9.17) is 4.74 Å². The molecule has 146 valence electrons. The average Bonchev–Trinajstić information content (AvgIpc) is 3.19. The monoisotopic (exact) mass is 416 g/mol. The van der Waals surface area contributed by atoms with Crippen molar-refractivity contribution in [3.05, 3.63) is 70.4 Å². The van der Waals surface area contributed by atoms with Crippen LogP contribution in [0.15, 0.2) is 64.9 Å². The Bertz CT molecular complexity index is 1090. The van der Waals surface area contributed by atoms with E-state index >= 15 is 0 Å². The summed E-state index contributed by atoms with van der Waals surface area (Å²) >= 11 is 1.08. The molecular formula is C20H20N2O4S2. The predicted octanol–water partition coefficient (Wildman–Crippen LogP) is 4.14. The van der Waals surface area contributed by atoms with Crippen LogP contribution in [0.1, 0.15) is 15.2 Å². The number of hydrogen-bond donors (Lipinski definition) is 1. The van der Waals surface area contributed by atoms with Crippen molar-refractivity contribution in [2.75, 3.05) is 23.8 Å². The Morgan fingerprint density at radius 2 is 1.82 bits per heavy atom. The van der Waals surface area contributed by atoms with Crippen LogP contribution in [-0.2, 0) is 10.0 Å². The minimum absolute atomic E-state index is 0.0208. The molecule has 0 unspecified atom stereocenters. The average molecular weight is 417 g/mol. The van der Waals surface area contributed by atoms with Gasteiger partial charge in [0.1, 0.15) is 15.5 Å². The number of thiophene rings is 1. The Labute approximate surface area is 168 Å². The lowest BCUT2D eigenvalue weighted by molar-refractivity contribution is 0.102. The molecule has 0 radical (unpaired) electrons. The number of nitrogens with one attached hydrogen (secondary N) is 1. The Morgan fingerprint density at radius 3 is 2.46 bits per heavy atom. The fourth-order valence-electron chi connectivity index (χ4n) is 2.64. The van der Waals surface area contributed by atoms with E-state index in [9.17, 15) is 13.2 Å². The number of carbonyl (C=O) groups is 1. The Morgan fingerprint density at radius 1 is 1.11 bits per heavy atom. The molecular weight excluding hydrogens is 396 g/mol. The standard InChI is InChI=1S/C20H20N2O4S2/c1-14-5-4-6-16(13-14)22(2)28(24,25)18-11-12-27-19(18)20(23)21-15-7-9-17(26-3)10-8-15/h4-13H,1-3H3,(H,21,23). The molecule has 3 rings (SSSR count). The third-order valence-corrected chi connectivity index (χ3v) is 7.06. The quantitative estimate of drug-likeness (QED) is 0.655. The lowest BCUT2D eigenvalue weighted by Gasteiger charge is -2.20. The largest absolute Gasteiger partial charge is 0.497 e. The zero-order valence-electron chi connectivity index (χ0n) is 15.7. The number of methoxy groups -OCH3 is 1. The lowest BCUT2D eigenvalue weighted by Crippen LogP contribution is -2.28. The van der Waals surface area contributed by atoms with E-state index in [1.54, 1.807) is 55.0 Å². The van der Waals surface area contributed by atoms with E-state index in [1.807, 2.05) is 13.0 Å². The molecule has 0 saturated carbocycles. The van der Waals surface area contributed by atoms with Gasteiger partial charge in [0, 0.05) is 12.7 Å². The summed E-state index contributed by atoms with van der Waals surface area (Å²) in [4.78, 5) is 12.8. The number of ether oxygens (including phenoxy) is 1. The number of carbonyl (C=O) groups excluding carboxylic acids is 1. The molecule has 1 N–H and O–H groups in total. The van der Waals surface area contributed by atoms with Crippen LogP contribution in [0.2, 0.25) is 0 Å². The summed E-state index contributed by atoms with van der Waals surface area (Å²) in [6.07, 6.45) is 0. The smallest absolute Gasteiger partial charge is 0.267 e. The van der Waals surface area contributed by atoms with Gasteiger partial charge in [-0.25, -0.2) is 8.42 Å². The first-order valence-electron chi connectivity index (χ1n) is 8.41. The van der Waals surface area contributed by atoms with Gasteiger partial charge in [0.25, 0.3) is 15.9 Å². The van der Waals surface area contributed by atoms with E-state index < -0.39 is 15.9 Å². The second-order valence-electron chi connectivity index (χ2n) is 6.11. The van der Waals surface area contributed by atoms with Crippen molar-refractivity contribution in [3.63, 3.8) is 0 Å². The SMILES string of the molecule is COc1ccc(NC(=O)c2sccc2S(=O)(=O)N(C)c2cccc(C)c2)cc1. The molecule has 0 saturated heterocycles. The van der Waals surface area contributed by atoms with E-state index in [2.05, 4.69) is 5.32 Å². The van der Waals surface area contributed by atoms with Gasteiger partial charge >= 0.3 is 0 Å². The summed E-state index contributed by atoms with van der Waals surface area (Å²) in [7, 11) is -0.845. The summed E-state index contributed by atoms with van der Waals surface area (Å²) in [6, 6.07) is 15.4. The number of benzene rings is 2. The Kier molecular flexibility index (Phi) is 5.71. The van der Waals surface area contributed by atoms with Gasteiger partial charge in [0.15, 0.2) is 0 Å². The predicted molar refractivity (Wildman–Crippen MR) is 112 cm³/mol. The van der Waals surface area contributed by atoms with Gasteiger partial charge in [-0.1, -0.05) is 12.1 Å². The maximum absolute atomic E-state index is 13.1. The summed E-state index contributed by atoms with van der Waals surface area (Å²) < 4.78 is 32.5. The molecule has 1 aromatic heterocycles. The van der Waals surface area contributed by atoms with E-state index in [0.29, 0.717) is 17.1 Å². The van der Waals surface area contributed by atoms with Crippen molar-refractivity contribution in [3.8, 4) is 5.75 Å². The number of aryl methyl sites for hydroxylation is 1. The second-order valence-corrected chi connectivity index (χ2v) is 8.96. The Balaban J connectivity index is 1.88. The third kappa shape index (κ3) is 4.02. The van der Waals surface area contributed by atoms with Crippen LogP contribution in [0.25, 0.3) is 0 Å². The maximum Gasteiger partial charge on any atom is 0.267 e. The van der Waals surface area contributed by atoms with E-state index in [0.717, 1.165) is 16.9 Å². The number of amides is 1. The molecule has 0 atom stereocenters. The van der Waals surface area contributed by atoms with Crippen LogP contribution in [0.4, 0.5) is 11.4 Å². The van der Waals surface area contributed by atoms with Crippen LogP contribution in [0, 0.1) is 6.92 Å². The van der Waals surface area contributed by atoms with Crippen LogP contribution in [0.5, 0.6) is 5.75 Å². The topological polar surface area (TPSA) is 75.7 Å². The molecule has 2 aromatic carbocycles. The summed E-state index contributed by atoms with van der Waals surface area (Å²) in [5, 5.41) is 4.33. The molecule has 0 fully saturated rings. The van der Waals surface area contributed by atoms with Gasteiger partial charge < -0.3 is 10.1 Å². The number of rotatable bonds is 6. The first-order valence-corrected chi connectivity index (χ1v) is 10.7. The molecule has 0 aliphatic carbocycles. The van der Waals surface area contributed by atoms with Gasteiger partial charge in [0.2, 0.25) is 0 Å². The van der Waals surface area contributed by atoms with Crippen molar-refractivity contribution >= 4 is 38.6 Å². The van der Waals surface area contributed by atoms with Gasteiger partial charge in [-0.3, -0.25) is 9.10 Å². The van der Waals surface area contributed by atoms with Crippen LogP contribution in [-0.4, -0.2) is 28.5 Å². The number of hydrogen-bond acceptors (Lipinski definition) is 5. The summed E-state index contributed by atoms with van der Waals surface area (Å²) in [5.74, 6) is 0.188. The number of anilines is 2. The maximum atomic E-state index is 13.1. The van der Waals surface area contributed by atoms with Crippen molar-refractivity contribution in [1.29, 1.82) is 0 Å². The van der Waals surface area contributed by atoms with Gasteiger partial charge in [-0.15, -0.1) is 11.3 Å². The van der Waals surface area contributed by atoms with Crippen molar-refractivity contribution in [2.45, 2.75) is 11.8 Å². The normalized spacial score (nSPS) is 11.1. The molecule has 0 spiro atoms. The fraction of sp³-hybridized carbons (Fsp3) is 0.150. The molecule has 0 aliphatic rings. The first-order chi connectivity index (χ1) is 13.3. The summed E-state index contributed by atoms with van der Waals surface area (Å²) in [5.41, 5.74) is 2.03. The molecule has 28 heavy (non-hydrogen) atoms. The highest BCUT2D eigenvalue weighted by atomic mass is 32.2. The number of nitrogens with zero attached hydrogens (tertiary/aromatic N) is 1. The molecule has 1 heterocycles. The van der Waals surface area contributed by atoms with Gasteiger partial charge in [-0.2, -0.15) is 0 Å². The molecule has 6 nitrogen and oxygen atoms in total. The highest BCUT2D eigenvalue weighted by Gasteiger charge is 2.28. The van der Waals surface area contributed by atoms with Gasteiger partial charge in [-0.05, 0) is 60.3 Å². The zero-order valence-corrected chi connectivity index (χ0v) is 17.3. The second kappa shape index (κ2) is 8.04. The van der Waals surface area contributed by atoms with Crippen molar-refractivity contribution < 1.29 is 17.9 Å². The molecule has 0 bridgehead atoms. The number of sulfonamides is 1. The van der Waals surface area contributed by atoms with Crippen molar-refractivity contribution in [2.24, 2.45) is 0 Å². The third-order valence-electron chi connectivity index (χ3n) is 4.19. The molecule has 8 heteroatoms. The first kappa shape index (κ1) is 19.9. The lowest BCUT2D eigenvalue weighted by atomic mass is 10.2. The minimum atomic E-state index is -3.88. The van der Waals surface area contributed by atoms with E-state index in [1.165, 1.54) is 17.4 Å². The molecule has 0 aliphatic heterocycles. The summed E-state index contributed by atoms with van der Waals surface area (Å²) in [6.45, 7) is 1.89. The highest BCUT2D eigenvalue weighted by Crippen LogP contribution is 2.29. The van der Waals surface area contributed by atoms with Crippen LogP contribution < -0.4 is 14.4 Å². The van der Waals surface area contributed by atoms with Crippen LogP contribution in [0.3, 0.4) is 0 Å². The van der Waals surface area contributed by atoms with E-state index in [-0.39, 0.29) is 9.77 Å². The minimum Gasteiger partial charge on any atom is -0.497 e. The molecule has 1 amide bonds. The van der Waals surface area contributed by atoms with Gasteiger partial charge in [0.05, 0.1) is 12.8 Å². The van der Waals surface area contributed by atoms with Crippen LogP contribution >= 0.6 is 11.3 Å². The Hall–Kier alpha value is -2.84. The fourth-order valence-corrected chi connectivity index (χ4v) is 5.12. The van der Waals surface area contributed by atoms with Crippen molar-refractivity contribution in [1.82, 2.24) is 0 Å². The highest BCUT2D eigenvalue weighted by molar-refractivity contribution is 7.93. The molecule has 3 aromatic rings. The zero-order chi connectivity index (χ0) is 20.3.